The van der Waals surface area contributed by atoms with Crippen LogP contribution in [0.2, 0.25) is 0 Å². The zero-order valence-corrected chi connectivity index (χ0v) is 4.48. The molecule has 0 unspecified atom stereocenters. The number of carbonyl (C=O) groups excluding carboxylic acids is 1. The average Bonchev–Trinajstić information content (AvgIpc) is 1.61. The highest BCUT2D eigenvalue weighted by molar-refractivity contribution is 5.83. The summed E-state index contributed by atoms with van der Waals surface area (Å²) in [6.45, 7) is 0. The molecule has 1 amide bonds. The minimum atomic E-state index is -0.416. The normalized spacial score (nSPS) is 8.50. The summed E-state index contributed by atoms with van der Waals surface area (Å²) >= 11 is 0. The van der Waals surface area contributed by atoms with Gasteiger partial charge in [-0.3, -0.25) is 10.2 Å². The molecule has 0 aliphatic rings. The zero-order chi connectivity index (χ0) is 6.57. The van der Waals surface area contributed by atoms with Crippen LogP contribution in [-0.2, 0) is 4.79 Å². The molecule has 4 nitrogen and oxygen atoms in total. The van der Waals surface area contributed by atoms with Crippen LogP contribution in [0.3, 0.4) is 0 Å². The van der Waals surface area contributed by atoms with Crippen molar-refractivity contribution >= 4 is 11.7 Å². The molecular formula is C4H9N3O. The Morgan fingerprint density at radius 3 is 2.00 bits per heavy atom. The number of primary amides is 1. The van der Waals surface area contributed by atoms with E-state index in [0.29, 0.717) is 0 Å². The van der Waals surface area contributed by atoms with Crippen molar-refractivity contribution < 1.29 is 4.79 Å². The first kappa shape index (κ1) is 6.94. The maximum absolute atomic E-state index is 9.97. The quantitative estimate of drug-likeness (QED) is 0.331. The Kier molecular flexibility index (Phi) is 2.61. The second kappa shape index (κ2) is 3.01. The van der Waals surface area contributed by atoms with E-state index in [2.05, 4.69) is 0 Å². The van der Waals surface area contributed by atoms with Crippen molar-refractivity contribution in [3.05, 3.63) is 0 Å². The van der Waals surface area contributed by atoms with Gasteiger partial charge in [-0.15, -0.1) is 0 Å². The summed E-state index contributed by atoms with van der Waals surface area (Å²) in [6, 6.07) is 0. The van der Waals surface area contributed by atoms with Crippen LogP contribution in [0.25, 0.3) is 0 Å². The van der Waals surface area contributed by atoms with Crippen LogP contribution in [-0.4, -0.2) is 11.7 Å². The lowest BCUT2D eigenvalue weighted by molar-refractivity contribution is -0.117. The Labute approximate surface area is 47.4 Å². The molecule has 0 spiro atoms. The first-order valence-corrected chi connectivity index (χ1v) is 2.24. The van der Waals surface area contributed by atoms with Gasteiger partial charge in [0.1, 0.15) is 0 Å². The van der Waals surface area contributed by atoms with E-state index < -0.39 is 5.91 Å². The number of hydrogen-bond donors (Lipinski definition) is 3. The van der Waals surface area contributed by atoms with Crippen molar-refractivity contribution in [3.63, 3.8) is 0 Å². The smallest absolute Gasteiger partial charge is 0.217 e. The fraction of sp³-hybridized carbons (Fsp3) is 0.500. The Bertz CT molecular complexity index is 95.9. The Balaban J connectivity index is 3.18. The standard InChI is InChI=1S/C4H9N3O/c5-3(6)1-2-4(7)8/h1-2H2,(H3,5,6)(H2,7,8). The molecule has 5 N–H and O–H groups in total. The van der Waals surface area contributed by atoms with Gasteiger partial charge in [-0.05, 0) is 0 Å². The molecule has 4 heteroatoms. The number of amides is 1. The van der Waals surface area contributed by atoms with E-state index in [1.54, 1.807) is 0 Å². The van der Waals surface area contributed by atoms with Gasteiger partial charge in [0.25, 0.3) is 0 Å². The first-order valence-electron chi connectivity index (χ1n) is 2.24. The maximum Gasteiger partial charge on any atom is 0.217 e. The van der Waals surface area contributed by atoms with Crippen LogP contribution >= 0.6 is 0 Å². The lowest BCUT2D eigenvalue weighted by atomic mass is 10.3. The molecule has 0 aromatic rings. The van der Waals surface area contributed by atoms with Crippen LogP contribution in [0, 0.1) is 5.41 Å². The summed E-state index contributed by atoms with van der Waals surface area (Å²) in [6.07, 6.45) is 0.449. The van der Waals surface area contributed by atoms with Crippen LogP contribution < -0.4 is 11.5 Å². The summed E-state index contributed by atoms with van der Waals surface area (Å²) < 4.78 is 0. The molecular weight excluding hydrogens is 106 g/mol. The Morgan fingerprint density at radius 1 is 1.38 bits per heavy atom. The largest absolute Gasteiger partial charge is 0.388 e. The molecule has 0 aliphatic heterocycles. The predicted octanol–water partition coefficient (Wildman–Crippen LogP) is -0.812. The monoisotopic (exact) mass is 115 g/mol. The predicted molar refractivity (Wildman–Crippen MR) is 30.3 cm³/mol. The molecule has 0 radical (unpaired) electrons. The fourth-order valence-electron chi connectivity index (χ4n) is 0.258. The molecule has 0 fully saturated rings. The minimum Gasteiger partial charge on any atom is -0.388 e. The SMILES string of the molecule is N=C(N)CCC(N)=O. The van der Waals surface area contributed by atoms with Gasteiger partial charge in [-0.1, -0.05) is 0 Å². The number of hydrogen-bond acceptors (Lipinski definition) is 2. The van der Waals surface area contributed by atoms with Gasteiger partial charge in [0, 0.05) is 12.8 Å². The van der Waals surface area contributed by atoms with Crippen LogP contribution in [0.5, 0.6) is 0 Å². The van der Waals surface area contributed by atoms with E-state index >= 15 is 0 Å². The fourth-order valence-corrected chi connectivity index (χ4v) is 0.258. The van der Waals surface area contributed by atoms with Gasteiger partial charge >= 0.3 is 0 Å². The van der Waals surface area contributed by atoms with E-state index in [0.717, 1.165) is 0 Å². The molecule has 46 valence electrons. The third-order valence-corrected chi connectivity index (χ3v) is 0.641. The van der Waals surface area contributed by atoms with Crippen LogP contribution in [0.1, 0.15) is 12.8 Å². The van der Waals surface area contributed by atoms with Crippen molar-refractivity contribution in [2.45, 2.75) is 12.8 Å². The van der Waals surface area contributed by atoms with E-state index in [4.69, 9.17) is 16.9 Å². The van der Waals surface area contributed by atoms with Gasteiger partial charge in [0.05, 0.1) is 5.84 Å². The highest BCUT2D eigenvalue weighted by atomic mass is 16.1. The Morgan fingerprint density at radius 2 is 1.88 bits per heavy atom. The van der Waals surface area contributed by atoms with Gasteiger partial charge in [-0.2, -0.15) is 0 Å². The van der Waals surface area contributed by atoms with E-state index in [-0.39, 0.29) is 18.7 Å². The van der Waals surface area contributed by atoms with Gasteiger partial charge in [0.15, 0.2) is 0 Å². The van der Waals surface area contributed by atoms with E-state index in [1.807, 2.05) is 0 Å². The number of nitrogens with two attached hydrogens (primary N) is 2. The summed E-state index contributed by atoms with van der Waals surface area (Å²) in [5.74, 6) is -0.413. The van der Waals surface area contributed by atoms with Crippen molar-refractivity contribution in [3.8, 4) is 0 Å². The average molecular weight is 115 g/mol. The highest BCUT2D eigenvalue weighted by Crippen LogP contribution is 1.82. The highest BCUT2D eigenvalue weighted by Gasteiger charge is 1.93. The molecule has 0 atom stereocenters. The van der Waals surface area contributed by atoms with Crippen molar-refractivity contribution in [1.82, 2.24) is 0 Å². The molecule has 0 bridgehead atoms. The summed E-state index contributed by atoms with van der Waals surface area (Å²) in [5, 5.41) is 6.66. The number of rotatable bonds is 3. The zero-order valence-electron chi connectivity index (χ0n) is 4.48. The summed E-state index contributed by atoms with van der Waals surface area (Å²) in [5.41, 5.74) is 9.67. The van der Waals surface area contributed by atoms with Crippen molar-refractivity contribution in [2.75, 3.05) is 0 Å². The van der Waals surface area contributed by atoms with Crippen LogP contribution in [0.4, 0.5) is 0 Å². The number of amidine groups is 1. The second-order valence-electron chi connectivity index (χ2n) is 1.49. The topological polar surface area (TPSA) is 93.0 Å². The third-order valence-electron chi connectivity index (χ3n) is 0.641. The van der Waals surface area contributed by atoms with Crippen molar-refractivity contribution in [2.24, 2.45) is 11.5 Å². The van der Waals surface area contributed by atoms with Gasteiger partial charge in [-0.25, -0.2) is 0 Å². The maximum atomic E-state index is 9.97. The molecule has 8 heavy (non-hydrogen) atoms. The lowest BCUT2D eigenvalue weighted by Gasteiger charge is -1.90. The Hall–Kier alpha value is -1.06. The molecule has 0 saturated carbocycles. The molecule has 0 rings (SSSR count). The molecule has 0 saturated heterocycles. The number of nitrogens with one attached hydrogen (secondary N) is 1. The van der Waals surface area contributed by atoms with Crippen molar-refractivity contribution in [1.29, 1.82) is 5.41 Å². The molecule has 0 aromatic heterocycles. The minimum absolute atomic E-state index is 0.00352. The number of carbonyl (C=O) groups is 1. The molecule has 0 heterocycles. The van der Waals surface area contributed by atoms with Crippen LogP contribution in [0.15, 0.2) is 0 Å². The van der Waals surface area contributed by atoms with E-state index in [1.165, 1.54) is 0 Å². The second-order valence-corrected chi connectivity index (χ2v) is 1.49. The molecule has 0 aliphatic carbocycles. The van der Waals surface area contributed by atoms with Gasteiger partial charge < -0.3 is 11.5 Å². The lowest BCUT2D eigenvalue weighted by Crippen LogP contribution is -2.16. The summed E-state index contributed by atoms with van der Waals surface area (Å²) in [7, 11) is 0. The first-order chi connectivity index (χ1) is 3.63. The third kappa shape index (κ3) is 4.94. The van der Waals surface area contributed by atoms with Gasteiger partial charge in [0.2, 0.25) is 5.91 Å². The summed E-state index contributed by atoms with van der Waals surface area (Å²) in [4.78, 5) is 9.97. The molecule has 0 aromatic carbocycles. The van der Waals surface area contributed by atoms with E-state index in [9.17, 15) is 4.79 Å².